The molecule has 0 heterocycles. The van der Waals surface area contributed by atoms with Crippen LogP contribution in [-0.4, -0.2) is 6.04 Å². The second kappa shape index (κ2) is 6.08. The van der Waals surface area contributed by atoms with Crippen molar-refractivity contribution < 1.29 is 4.74 Å². The van der Waals surface area contributed by atoms with Crippen molar-refractivity contribution in [1.82, 2.24) is 0 Å². The van der Waals surface area contributed by atoms with Gasteiger partial charge in [-0.1, -0.05) is 23.7 Å². The first-order valence-corrected chi connectivity index (χ1v) is 7.83. The van der Waals surface area contributed by atoms with Gasteiger partial charge in [0.2, 0.25) is 0 Å². The number of hydrogen-bond acceptors (Lipinski definition) is 2. The van der Waals surface area contributed by atoms with Crippen LogP contribution in [0.25, 0.3) is 0 Å². The highest BCUT2D eigenvalue weighted by atomic mass is 35.5. The number of aryl methyl sites for hydroxylation is 2. The van der Waals surface area contributed by atoms with Gasteiger partial charge in [0, 0.05) is 11.1 Å². The summed E-state index contributed by atoms with van der Waals surface area (Å²) in [4.78, 5) is 0. The van der Waals surface area contributed by atoms with Crippen LogP contribution in [0.4, 0.5) is 0 Å². The third kappa shape index (κ3) is 3.39. The highest BCUT2D eigenvalue weighted by Gasteiger charge is 2.12. The molecule has 1 atom stereocenters. The second-order valence-electron chi connectivity index (χ2n) is 5.82. The van der Waals surface area contributed by atoms with Crippen LogP contribution in [0.1, 0.15) is 30.0 Å². The lowest BCUT2D eigenvalue weighted by atomic mass is 10.1. The molecule has 3 rings (SSSR count). The van der Waals surface area contributed by atoms with Crippen molar-refractivity contribution in [2.45, 2.75) is 38.6 Å². The van der Waals surface area contributed by atoms with Gasteiger partial charge < -0.3 is 10.5 Å². The largest absolute Gasteiger partial charge is 0.457 e. The fraction of sp³-hybridized carbons (Fsp3) is 0.333. The van der Waals surface area contributed by atoms with E-state index in [0.29, 0.717) is 5.02 Å². The zero-order valence-corrected chi connectivity index (χ0v) is 13.0. The molecule has 2 aromatic rings. The van der Waals surface area contributed by atoms with E-state index in [1.807, 2.05) is 31.2 Å². The van der Waals surface area contributed by atoms with Gasteiger partial charge in [-0.05, 0) is 73.6 Å². The summed E-state index contributed by atoms with van der Waals surface area (Å²) in [6, 6.07) is 12.3. The van der Waals surface area contributed by atoms with E-state index in [1.165, 1.54) is 24.0 Å². The Morgan fingerprint density at radius 2 is 1.81 bits per heavy atom. The molecule has 0 fully saturated rings. The first-order chi connectivity index (χ1) is 10.1. The second-order valence-corrected chi connectivity index (χ2v) is 6.23. The number of nitrogens with two attached hydrogens (primary N) is 1. The van der Waals surface area contributed by atoms with Gasteiger partial charge in [-0.2, -0.15) is 0 Å². The third-order valence-electron chi connectivity index (χ3n) is 3.87. The van der Waals surface area contributed by atoms with E-state index in [-0.39, 0.29) is 6.04 Å². The Labute approximate surface area is 130 Å². The van der Waals surface area contributed by atoms with Gasteiger partial charge in [-0.25, -0.2) is 0 Å². The minimum atomic E-state index is 0.103. The SMILES string of the molecule is CC(N)Cc1ccc(Oc2ccc3c(c2)CCC3)cc1Cl. The van der Waals surface area contributed by atoms with Crippen LogP contribution in [0.3, 0.4) is 0 Å². The molecule has 0 aromatic heterocycles. The minimum absolute atomic E-state index is 0.103. The van der Waals surface area contributed by atoms with E-state index < -0.39 is 0 Å². The summed E-state index contributed by atoms with van der Waals surface area (Å²) in [5.74, 6) is 1.65. The van der Waals surface area contributed by atoms with Gasteiger partial charge in [0.15, 0.2) is 0 Å². The smallest absolute Gasteiger partial charge is 0.128 e. The Morgan fingerprint density at radius 3 is 2.57 bits per heavy atom. The highest BCUT2D eigenvalue weighted by Crippen LogP contribution is 2.31. The van der Waals surface area contributed by atoms with Gasteiger partial charge >= 0.3 is 0 Å². The molecule has 0 spiro atoms. The van der Waals surface area contributed by atoms with Crippen molar-refractivity contribution in [3.8, 4) is 11.5 Å². The molecule has 2 N–H and O–H groups in total. The van der Waals surface area contributed by atoms with Crippen molar-refractivity contribution >= 4 is 11.6 Å². The molecule has 2 aromatic carbocycles. The van der Waals surface area contributed by atoms with Gasteiger partial charge in [0.05, 0.1) is 0 Å². The number of fused-ring (bicyclic) bond motifs is 1. The number of halogens is 1. The predicted molar refractivity (Wildman–Crippen MR) is 87.3 cm³/mol. The van der Waals surface area contributed by atoms with Gasteiger partial charge in [-0.3, -0.25) is 0 Å². The summed E-state index contributed by atoms with van der Waals surface area (Å²) in [7, 11) is 0. The Hall–Kier alpha value is -1.51. The lowest BCUT2D eigenvalue weighted by Crippen LogP contribution is -2.17. The summed E-state index contributed by atoms with van der Waals surface area (Å²) < 4.78 is 5.93. The highest BCUT2D eigenvalue weighted by molar-refractivity contribution is 6.31. The minimum Gasteiger partial charge on any atom is -0.457 e. The first kappa shape index (κ1) is 14.4. The van der Waals surface area contributed by atoms with Crippen LogP contribution in [0.2, 0.25) is 5.02 Å². The zero-order chi connectivity index (χ0) is 14.8. The summed E-state index contributed by atoms with van der Waals surface area (Å²) in [6.45, 7) is 1.98. The molecule has 0 saturated carbocycles. The van der Waals surface area contributed by atoms with Crippen LogP contribution in [0.5, 0.6) is 11.5 Å². The topological polar surface area (TPSA) is 35.2 Å². The summed E-state index contributed by atoms with van der Waals surface area (Å²) in [5, 5.41) is 0.714. The van der Waals surface area contributed by atoms with Gasteiger partial charge in [-0.15, -0.1) is 0 Å². The number of hydrogen-bond donors (Lipinski definition) is 1. The zero-order valence-electron chi connectivity index (χ0n) is 12.2. The molecule has 0 bridgehead atoms. The van der Waals surface area contributed by atoms with Crippen molar-refractivity contribution in [1.29, 1.82) is 0 Å². The monoisotopic (exact) mass is 301 g/mol. The maximum atomic E-state index is 6.30. The Kier molecular flexibility index (Phi) is 4.18. The number of ether oxygens (including phenoxy) is 1. The van der Waals surface area contributed by atoms with Gasteiger partial charge in [0.25, 0.3) is 0 Å². The van der Waals surface area contributed by atoms with E-state index >= 15 is 0 Å². The van der Waals surface area contributed by atoms with Crippen molar-refractivity contribution in [3.63, 3.8) is 0 Å². The molecule has 110 valence electrons. The molecule has 2 nitrogen and oxygen atoms in total. The molecule has 0 amide bonds. The first-order valence-electron chi connectivity index (χ1n) is 7.45. The van der Waals surface area contributed by atoms with E-state index in [1.54, 1.807) is 0 Å². The fourth-order valence-electron chi connectivity index (χ4n) is 2.85. The molecule has 1 aliphatic rings. The van der Waals surface area contributed by atoms with E-state index in [9.17, 15) is 0 Å². The molecule has 21 heavy (non-hydrogen) atoms. The average molecular weight is 302 g/mol. The fourth-order valence-corrected chi connectivity index (χ4v) is 3.10. The van der Waals surface area contributed by atoms with Crippen LogP contribution in [0, 0.1) is 0 Å². The molecular weight excluding hydrogens is 282 g/mol. The maximum absolute atomic E-state index is 6.30. The standard InChI is InChI=1S/C18H20ClNO/c1-12(20)9-15-6-8-17(11-18(15)19)21-16-7-5-13-3-2-4-14(13)10-16/h5-8,10-12H,2-4,9,20H2,1H3. The van der Waals surface area contributed by atoms with E-state index in [0.717, 1.165) is 29.9 Å². The molecule has 3 heteroatoms. The van der Waals surface area contributed by atoms with Crippen molar-refractivity contribution in [2.75, 3.05) is 0 Å². The molecule has 1 aliphatic carbocycles. The Morgan fingerprint density at radius 1 is 1.10 bits per heavy atom. The summed E-state index contributed by atoms with van der Waals surface area (Å²) in [6.07, 6.45) is 4.36. The molecular formula is C18H20ClNO. The van der Waals surface area contributed by atoms with Crippen LogP contribution in [0.15, 0.2) is 36.4 Å². The summed E-state index contributed by atoms with van der Waals surface area (Å²) >= 11 is 6.30. The van der Waals surface area contributed by atoms with E-state index in [2.05, 4.69) is 12.1 Å². The van der Waals surface area contributed by atoms with Crippen LogP contribution >= 0.6 is 11.6 Å². The summed E-state index contributed by atoms with van der Waals surface area (Å²) in [5.41, 5.74) is 9.74. The molecule has 0 saturated heterocycles. The Bertz CT molecular complexity index is 652. The van der Waals surface area contributed by atoms with Gasteiger partial charge in [0.1, 0.15) is 11.5 Å². The lowest BCUT2D eigenvalue weighted by molar-refractivity contribution is 0.482. The van der Waals surface area contributed by atoms with Crippen LogP contribution in [-0.2, 0) is 19.3 Å². The molecule has 1 unspecified atom stereocenters. The van der Waals surface area contributed by atoms with Crippen molar-refractivity contribution in [2.24, 2.45) is 5.73 Å². The number of rotatable bonds is 4. The third-order valence-corrected chi connectivity index (χ3v) is 4.22. The normalized spacial score (nSPS) is 14.8. The lowest BCUT2D eigenvalue weighted by Gasteiger charge is -2.11. The van der Waals surface area contributed by atoms with Crippen molar-refractivity contribution in [3.05, 3.63) is 58.1 Å². The molecule has 0 radical (unpaired) electrons. The Balaban J connectivity index is 1.77. The maximum Gasteiger partial charge on any atom is 0.128 e. The quantitative estimate of drug-likeness (QED) is 0.901. The predicted octanol–water partition coefficient (Wildman–Crippen LogP) is 4.51. The molecule has 0 aliphatic heterocycles. The van der Waals surface area contributed by atoms with Crippen LogP contribution < -0.4 is 10.5 Å². The van der Waals surface area contributed by atoms with E-state index in [4.69, 9.17) is 22.1 Å². The average Bonchev–Trinajstić information content (AvgIpc) is 2.89. The number of benzene rings is 2.